The van der Waals surface area contributed by atoms with E-state index in [-0.39, 0.29) is 33.0 Å². The van der Waals surface area contributed by atoms with Crippen molar-refractivity contribution >= 4 is 50.8 Å². The first-order valence-corrected chi connectivity index (χ1v) is 11.8. The fourth-order valence-electron chi connectivity index (χ4n) is 3.19. The van der Waals surface area contributed by atoms with Gasteiger partial charge in [0.1, 0.15) is 22.2 Å². The molecule has 0 spiro atoms. The van der Waals surface area contributed by atoms with Crippen LogP contribution in [0.25, 0.3) is 0 Å². The second kappa shape index (κ2) is 9.60. The molecule has 13 heteroatoms. The summed E-state index contributed by atoms with van der Waals surface area (Å²) in [5.41, 5.74) is 0.354. The van der Waals surface area contributed by atoms with E-state index in [9.17, 15) is 18.0 Å². The molecular formula is C22H18ClN5O6S. The van der Waals surface area contributed by atoms with Crippen molar-refractivity contribution in [2.24, 2.45) is 0 Å². The van der Waals surface area contributed by atoms with E-state index in [1.165, 1.54) is 63.0 Å². The average Bonchev–Trinajstić information content (AvgIpc) is 3.07. The van der Waals surface area contributed by atoms with Gasteiger partial charge in [-0.15, -0.1) is 0 Å². The molecule has 2 aromatic carbocycles. The maximum Gasteiger partial charge on any atom is 0.283 e. The number of imide groups is 1. The Morgan fingerprint density at radius 3 is 2.26 bits per heavy atom. The minimum Gasteiger partial charge on any atom is -0.497 e. The van der Waals surface area contributed by atoms with Gasteiger partial charge in [0, 0.05) is 24.1 Å². The molecule has 180 valence electrons. The third kappa shape index (κ3) is 4.74. The summed E-state index contributed by atoms with van der Waals surface area (Å²) in [6.07, 6.45) is 2.81. The van der Waals surface area contributed by atoms with Crippen molar-refractivity contribution in [3.63, 3.8) is 0 Å². The van der Waals surface area contributed by atoms with Gasteiger partial charge in [-0.05, 0) is 42.5 Å². The zero-order valence-electron chi connectivity index (χ0n) is 18.4. The summed E-state index contributed by atoms with van der Waals surface area (Å²) in [4.78, 5) is 34.3. The summed E-state index contributed by atoms with van der Waals surface area (Å²) < 4.78 is 37.8. The van der Waals surface area contributed by atoms with E-state index in [4.69, 9.17) is 21.1 Å². The van der Waals surface area contributed by atoms with Crippen LogP contribution in [-0.4, -0.2) is 44.4 Å². The molecule has 1 aromatic heterocycles. The summed E-state index contributed by atoms with van der Waals surface area (Å²) in [5, 5.41) is 2.46. The number of halogens is 1. The van der Waals surface area contributed by atoms with Crippen LogP contribution in [0, 0.1) is 0 Å². The lowest BCUT2D eigenvalue weighted by atomic mass is 10.2. The number of hydrogen-bond donors (Lipinski definition) is 2. The quantitative estimate of drug-likeness (QED) is 0.433. The van der Waals surface area contributed by atoms with Crippen LogP contribution in [0.2, 0.25) is 0 Å². The first kappa shape index (κ1) is 24.0. The lowest BCUT2D eigenvalue weighted by molar-refractivity contribution is -0.120. The number of amides is 2. The number of nitrogens with zero attached hydrogens (tertiary/aromatic N) is 3. The standard InChI is InChI=1S/C22H18ClN5O6S/c1-33-14-6-9-16(17(12-14)34-2)28-20(29)18(23)19(21(28)30)26-13-4-7-15(8-5-13)35(31,32)27-22-24-10-3-11-25-22/h3-12,26H,1-2H3,(H,24,25,27). The van der Waals surface area contributed by atoms with Crippen LogP contribution in [0.1, 0.15) is 0 Å². The summed E-state index contributed by atoms with van der Waals surface area (Å²) in [6, 6.07) is 11.6. The molecule has 0 aliphatic carbocycles. The fraction of sp³-hybridized carbons (Fsp3) is 0.0909. The molecule has 0 fully saturated rings. The predicted molar refractivity (Wildman–Crippen MR) is 128 cm³/mol. The molecule has 4 rings (SSSR count). The Kier molecular flexibility index (Phi) is 6.58. The molecule has 2 amide bonds. The summed E-state index contributed by atoms with van der Waals surface area (Å²) in [6.45, 7) is 0. The third-order valence-electron chi connectivity index (χ3n) is 4.88. The van der Waals surface area contributed by atoms with Crippen molar-refractivity contribution in [2.45, 2.75) is 4.90 Å². The van der Waals surface area contributed by atoms with Crippen LogP contribution in [-0.2, 0) is 19.6 Å². The third-order valence-corrected chi connectivity index (χ3v) is 6.58. The molecule has 1 aliphatic rings. The number of rotatable bonds is 8. The van der Waals surface area contributed by atoms with Gasteiger partial charge in [0.05, 0.1) is 24.8 Å². The molecule has 0 unspecified atom stereocenters. The van der Waals surface area contributed by atoms with Crippen molar-refractivity contribution in [3.8, 4) is 11.5 Å². The largest absolute Gasteiger partial charge is 0.497 e. The Morgan fingerprint density at radius 2 is 1.63 bits per heavy atom. The first-order valence-electron chi connectivity index (χ1n) is 9.92. The molecule has 0 saturated heterocycles. The molecule has 0 bridgehead atoms. The molecule has 0 saturated carbocycles. The molecule has 2 N–H and O–H groups in total. The van der Waals surface area contributed by atoms with Crippen molar-refractivity contribution < 1.29 is 27.5 Å². The summed E-state index contributed by atoms with van der Waals surface area (Å²) in [7, 11) is -1.07. The van der Waals surface area contributed by atoms with Crippen molar-refractivity contribution in [1.29, 1.82) is 0 Å². The zero-order chi connectivity index (χ0) is 25.2. The first-order chi connectivity index (χ1) is 16.7. The van der Waals surface area contributed by atoms with Crippen molar-refractivity contribution in [1.82, 2.24) is 9.97 Å². The van der Waals surface area contributed by atoms with Gasteiger partial charge in [-0.1, -0.05) is 11.6 Å². The van der Waals surface area contributed by atoms with Crippen LogP contribution in [0.4, 0.5) is 17.3 Å². The number of anilines is 3. The maximum atomic E-state index is 13.1. The number of methoxy groups -OCH3 is 2. The van der Waals surface area contributed by atoms with E-state index in [0.29, 0.717) is 11.4 Å². The second-order valence-corrected chi connectivity index (χ2v) is 9.06. The van der Waals surface area contributed by atoms with E-state index in [1.807, 2.05) is 0 Å². The number of carbonyl (C=O) groups is 2. The number of benzene rings is 2. The number of hydrogen-bond acceptors (Lipinski definition) is 9. The van der Waals surface area contributed by atoms with Gasteiger partial charge in [0.15, 0.2) is 0 Å². The van der Waals surface area contributed by atoms with Gasteiger partial charge in [-0.25, -0.2) is 28.0 Å². The lowest BCUT2D eigenvalue weighted by Gasteiger charge is -2.18. The SMILES string of the molecule is COc1ccc(N2C(=O)C(Cl)=C(Nc3ccc(S(=O)(=O)Nc4ncccn4)cc3)C2=O)c(OC)c1. The van der Waals surface area contributed by atoms with Crippen LogP contribution in [0.15, 0.2) is 76.5 Å². The van der Waals surface area contributed by atoms with E-state index < -0.39 is 21.8 Å². The van der Waals surface area contributed by atoms with Gasteiger partial charge in [-0.3, -0.25) is 9.59 Å². The molecule has 2 heterocycles. The fourth-order valence-corrected chi connectivity index (χ4v) is 4.36. The highest BCUT2D eigenvalue weighted by molar-refractivity contribution is 7.92. The number of ether oxygens (including phenoxy) is 2. The van der Waals surface area contributed by atoms with Gasteiger partial charge in [0.25, 0.3) is 21.8 Å². The molecule has 0 atom stereocenters. The topological polar surface area (TPSA) is 140 Å². The van der Waals surface area contributed by atoms with E-state index in [1.54, 1.807) is 12.1 Å². The Hall–Kier alpha value is -4.16. The minimum absolute atomic E-state index is 0.0611. The summed E-state index contributed by atoms with van der Waals surface area (Å²) in [5.74, 6) is -0.806. The van der Waals surface area contributed by atoms with Gasteiger partial charge in [0.2, 0.25) is 5.95 Å². The van der Waals surface area contributed by atoms with Gasteiger partial charge < -0.3 is 14.8 Å². The smallest absolute Gasteiger partial charge is 0.283 e. The van der Waals surface area contributed by atoms with Crippen molar-refractivity contribution in [3.05, 3.63) is 71.7 Å². The highest BCUT2D eigenvalue weighted by Gasteiger charge is 2.40. The highest BCUT2D eigenvalue weighted by Crippen LogP contribution is 2.37. The van der Waals surface area contributed by atoms with Crippen LogP contribution in [0.3, 0.4) is 0 Å². The molecule has 1 aliphatic heterocycles. The molecule has 0 radical (unpaired) electrons. The molecule has 3 aromatic rings. The highest BCUT2D eigenvalue weighted by atomic mass is 35.5. The number of carbonyl (C=O) groups excluding carboxylic acids is 2. The zero-order valence-corrected chi connectivity index (χ0v) is 19.9. The van der Waals surface area contributed by atoms with E-state index >= 15 is 0 Å². The Bertz CT molecular complexity index is 1430. The Balaban J connectivity index is 1.55. The number of aromatic nitrogens is 2. The number of nitrogens with one attached hydrogen (secondary N) is 2. The summed E-state index contributed by atoms with van der Waals surface area (Å²) >= 11 is 6.19. The molecule has 35 heavy (non-hydrogen) atoms. The van der Waals surface area contributed by atoms with Crippen LogP contribution < -0.4 is 24.4 Å². The molecule has 11 nitrogen and oxygen atoms in total. The Morgan fingerprint density at radius 1 is 0.943 bits per heavy atom. The lowest BCUT2D eigenvalue weighted by Crippen LogP contribution is -2.32. The van der Waals surface area contributed by atoms with E-state index in [2.05, 4.69) is 20.0 Å². The Labute approximate surface area is 205 Å². The maximum absolute atomic E-state index is 13.1. The normalized spacial score (nSPS) is 13.7. The van der Waals surface area contributed by atoms with Crippen LogP contribution in [0.5, 0.6) is 11.5 Å². The monoisotopic (exact) mass is 515 g/mol. The van der Waals surface area contributed by atoms with Gasteiger partial charge >= 0.3 is 0 Å². The molecular weight excluding hydrogens is 498 g/mol. The van der Waals surface area contributed by atoms with Crippen LogP contribution >= 0.6 is 11.6 Å². The second-order valence-electron chi connectivity index (χ2n) is 7.00. The van der Waals surface area contributed by atoms with Crippen molar-refractivity contribution in [2.75, 3.05) is 29.2 Å². The average molecular weight is 516 g/mol. The van der Waals surface area contributed by atoms with Gasteiger partial charge in [-0.2, -0.15) is 0 Å². The number of sulfonamides is 1. The minimum atomic E-state index is -3.94. The van der Waals surface area contributed by atoms with E-state index in [0.717, 1.165) is 4.90 Å². The predicted octanol–water partition coefficient (Wildman–Crippen LogP) is 2.73.